The SMILES string of the molecule is COCCOc1ccc(C(CC(=O)C(Oc2ccccc2)C(=O)O)NC(=O)c2ccc(C(=N)NC(=O)OC(C)(C)C)cc2)cc1. The van der Waals surface area contributed by atoms with Gasteiger partial charge in [0.1, 0.15) is 29.5 Å². The number of rotatable bonds is 14. The standard InChI is InChI=1S/C33H37N3O9/c1-33(2,3)45-32(41)36-29(34)22-10-12-23(13-11-22)30(38)35-26(21-14-16-24(17-15-21)43-19-18-42-4)20-27(37)28(31(39)40)44-25-8-6-5-7-9-25/h5-17,26,28H,18-20H2,1-4H3,(H,35,38)(H,39,40)(H2,34,36,41). The smallest absolute Gasteiger partial charge is 0.413 e. The number of carbonyl (C=O) groups excluding carboxylic acids is 3. The molecule has 0 saturated carbocycles. The summed E-state index contributed by atoms with van der Waals surface area (Å²) in [5, 5.41) is 23.0. The van der Waals surface area contributed by atoms with Crippen molar-refractivity contribution in [1.82, 2.24) is 10.6 Å². The van der Waals surface area contributed by atoms with E-state index in [2.05, 4.69) is 10.6 Å². The van der Waals surface area contributed by atoms with Crippen molar-refractivity contribution < 1.29 is 43.2 Å². The Labute approximate surface area is 261 Å². The Bertz CT molecular complexity index is 1470. The van der Waals surface area contributed by atoms with Crippen LogP contribution >= 0.6 is 0 Å². The largest absolute Gasteiger partial charge is 0.491 e. The van der Waals surface area contributed by atoms with Crippen molar-refractivity contribution in [2.45, 2.75) is 44.9 Å². The number of benzene rings is 3. The predicted octanol–water partition coefficient (Wildman–Crippen LogP) is 4.52. The Hall–Kier alpha value is -5.23. The van der Waals surface area contributed by atoms with Crippen LogP contribution in [0.2, 0.25) is 0 Å². The maximum atomic E-state index is 13.3. The number of carboxylic acid groups (broad SMARTS) is 1. The van der Waals surface area contributed by atoms with Crippen molar-refractivity contribution in [2.75, 3.05) is 20.3 Å². The highest BCUT2D eigenvalue weighted by atomic mass is 16.6. The van der Waals surface area contributed by atoms with Crippen LogP contribution in [0.4, 0.5) is 4.79 Å². The first kappa shape index (κ1) is 34.3. The molecule has 0 spiro atoms. The number of hydrogen-bond acceptors (Lipinski definition) is 9. The van der Waals surface area contributed by atoms with Crippen LogP contribution in [-0.2, 0) is 19.1 Å². The van der Waals surface area contributed by atoms with Gasteiger partial charge in [-0.05, 0) is 62.7 Å². The highest BCUT2D eigenvalue weighted by Gasteiger charge is 2.31. The van der Waals surface area contributed by atoms with Crippen molar-refractivity contribution in [3.05, 3.63) is 95.6 Å². The number of methoxy groups -OCH3 is 1. The van der Waals surface area contributed by atoms with Gasteiger partial charge < -0.3 is 29.4 Å². The number of amidine groups is 1. The minimum absolute atomic E-state index is 0.205. The number of hydrogen-bond donors (Lipinski definition) is 4. The average Bonchev–Trinajstić information content (AvgIpc) is 2.99. The Morgan fingerprint density at radius 3 is 2.04 bits per heavy atom. The predicted molar refractivity (Wildman–Crippen MR) is 165 cm³/mol. The Morgan fingerprint density at radius 1 is 0.844 bits per heavy atom. The summed E-state index contributed by atoms with van der Waals surface area (Å²) in [5.74, 6) is -2.24. The second kappa shape index (κ2) is 16.0. The van der Waals surface area contributed by atoms with Crippen LogP contribution in [0.1, 0.15) is 54.7 Å². The molecule has 0 heterocycles. The summed E-state index contributed by atoms with van der Waals surface area (Å²) >= 11 is 0. The molecule has 4 N–H and O–H groups in total. The molecule has 12 heteroatoms. The van der Waals surface area contributed by atoms with Crippen LogP contribution in [0.5, 0.6) is 11.5 Å². The van der Waals surface area contributed by atoms with Gasteiger partial charge in [-0.15, -0.1) is 0 Å². The average molecular weight is 620 g/mol. The first-order valence-electron chi connectivity index (χ1n) is 14.0. The molecule has 2 unspecified atom stereocenters. The molecule has 3 rings (SSSR count). The number of alkyl carbamates (subject to hydrolysis) is 1. The Balaban J connectivity index is 1.78. The molecular formula is C33H37N3O9. The van der Waals surface area contributed by atoms with Gasteiger partial charge in [-0.3, -0.25) is 20.3 Å². The minimum atomic E-state index is -1.80. The molecular weight excluding hydrogens is 582 g/mol. The highest BCUT2D eigenvalue weighted by Crippen LogP contribution is 2.24. The normalized spacial score (nSPS) is 12.3. The molecule has 3 aromatic rings. The van der Waals surface area contributed by atoms with Crippen LogP contribution in [0.3, 0.4) is 0 Å². The third kappa shape index (κ3) is 11.1. The lowest BCUT2D eigenvalue weighted by Crippen LogP contribution is -2.39. The minimum Gasteiger partial charge on any atom is -0.491 e. The fraction of sp³-hybridized carbons (Fsp3) is 0.303. The number of nitrogens with one attached hydrogen (secondary N) is 3. The van der Waals surface area contributed by atoms with Crippen molar-refractivity contribution in [2.24, 2.45) is 0 Å². The van der Waals surface area contributed by atoms with Crippen LogP contribution < -0.4 is 20.1 Å². The molecule has 238 valence electrons. The van der Waals surface area contributed by atoms with Crippen molar-refractivity contribution >= 4 is 29.6 Å². The summed E-state index contributed by atoms with van der Waals surface area (Å²) < 4.78 is 21.2. The summed E-state index contributed by atoms with van der Waals surface area (Å²) in [6, 6.07) is 19.7. The van der Waals surface area contributed by atoms with Gasteiger partial charge in [-0.25, -0.2) is 9.59 Å². The zero-order valence-corrected chi connectivity index (χ0v) is 25.5. The van der Waals surface area contributed by atoms with Gasteiger partial charge in [0.25, 0.3) is 12.0 Å². The van der Waals surface area contributed by atoms with Crippen LogP contribution in [-0.4, -0.2) is 66.7 Å². The number of carboxylic acids is 1. The number of aliphatic carboxylic acids is 1. The summed E-state index contributed by atoms with van der Waals surface area (Å²) in [6.07, 6.45) is -2.97. The molecule has 2 amide bonds. The molecule has 0 fully saturated rings. The number of amides is 2. The van der Waals surface area contributed by atoms with E-state index in [9.17, 15) is 24.3 Å². The molecule has 3 aromatic carbocycles. The van der Waals surface area contributed by atoms with Gasteiger partial charge >= 0.3 is 12.1 Å². The van der Waals surface area contributed by atoms with Gasteiger partial charge in [0.15, 0.2) is 5.78 Å². The lowest BCUT2D eigenvalue weighted by molar-refractivity contribution is -0.150. The van der Waals surface area contributed by atoms with Crippen LogP contribution in [0.25, 0.3) is 0 Å². The first-order valence-corrected chi connectivity index (χ1v) is 14.0. The van der Waals surface area contributed by atoms with E-state index in [0.29, 0.717) is 30.1 Å². The number of ketones is 1. The second-order valence-electron chi connectivity index (χ2n) is 10.8. The summed E-state index contributed by atoms with van der Waals surface area (Å²) in [5.41, 5.74) is 0.325. The second-order valence-corrected chi connectivity index (χ2v) is 10.8. The monoisotopic (exact) mass is 619 g/mol. The lowest BCUT2D eigenvalue weighted by atomic mass is 9.98. The van der Waals surface area contributed by atoms with E-state index in [1.807, 2.05) is 0 Å². The van der Waals surface area contributed by atoms with E-state index in [1.54, 1.807) is 70.3 Å². The molecule has 0 aliphatic carbocycles. The molecule has 0 aromatic heterocycles. The Kier molecular flexibility index (Phi) is 12.2. The van der Waals surface area contributed by atoms with E-state index in [4.69, 9.17) is 24.4 Å². The molecule has 0 saturated heterocycles. The fourth-order valence-corrected chi connectivity index (χ4v) is 4.00. The molecule has 0 aliphatic rings. The molecule has 0 bridgehead atoms. The fourth-order valence-electron chi connectivity index (χ4n) is 4.00. The van der Waals surface area contributed by atoms with Gasteiger partial charge in [0.2, 0.25) is 0 Å². The maximum Gasteiger partial charge on any atom is 0.413 e. The van der Waals surface area contributed by atoms with Crippen LogP contribution in [0.15, 0.2) is 78.9 Å². The topological polar surface area (TPSA) is 173 Å². The zero-order valence-electron chi connectivity index (χ0n) is 25.5. The van der Waals surface area contributed by atoms with E-state index >= 15 is 0 Å². The first-order chi connectivity index (χ1) is 21.4. The molecule has 12 nitrogen and oxygen atoms in total. The summed E-state index contributed by atoms with van der Waals surface area (Å²) in [4.78, 5) is 50.6. The van der Waals surface area contributed by atoms with Gasteiger partial charge in [0, 0.05) is 24.7 Å². The van der Waals surface area contributed by atoms with Gasteiger partial charge in [-0.1, -0.05) is 42.5 Å². The number of carbonyl (C=O) groups is 4. The molecule has 0 aliphatic heterocycles. The van der Waals surface area contributed by atoms with E-state index in [0.717, 1.165) is 0 Å². The molecule has 0 radical (unpaired) electrons. The molecule has 2 atom stereocenters. The summed E-state index contributed by atoms with van der Waals surface area (Å²) in [6.45, 7) is 5.82. The lowest BCUT2D eigenvalue weighted by Gasteiger charge is -2.22. The van der Waals surface area contributed by atoms with Crippen LogP contribution in [0, 0.1) is 5.41 Å². The number of Topliss-reactive ketones (excluding diaryl/α,β-unsaturated/α-hetero) is 1. The van der Waals surface area contributed by atoms with Crippen molar-refractivity contribution in [1.29, 1.82) is 5.41 Å². The van der Waals surface area contributed by atoms with E-state index < -0.39 is 41.5 Å². The Morgan fingerprint density at radius 2 is 1.47 bits per heavy atom. The maximum absolute atomic E-state index is 13.3. The van der Waals surface area contributed by atoms with Gasteiger partial charge in [0.05, 0.1) is 12.6 Å². The van der Waals surface area contributed by atoms with Crippen molar-refractivity contribution in [3.8, 4) is 11.5 Å². The van der Waals surface area contributed by atoms with Crippen molar-refractivity contribution in [3.63, 3.8) is 0 Å². The zero-order chi connectivity index (χ0) is 33.0. The number of ether oxygens (including phenoxy) is 4. The highest BCUT2D eigenvalue weighted by molar-refractivity contribution is 6.05. The van der Waals surface area contributed by atoms with E-state index in [1.165, 1.54) is 36.4 Å². The number of para-hydroxylation sites is 1. The molecule has 45 heavy (non-hydrogen) atoms. The van der Waals surface area contributed by atoms with E-state index in [-0.39, 0.29) is 23.6 Å². The van der Waals surface area contributed by atoms with Gasteiger partial charge in [-0.2, -0.15) is 0 Å². The summed E-state index contributed by atoms with van der Waals surface area (Å²) in [7, 11) is 1.56. The quantitative estimate of drug-likeness (QED) is 0.0875. The third-order valence-corrected chi connectivity index (χ3v) is 6.12. The third-order valence-electron chi connectivity index (χ3n) is 6.12.